The first kappa shape index (κ1) is 16.6. The summed E-state index contributed by atoms with van der Waals surface area (Å²) in [6, 6.07) is 6.81. The molecular weight excluding hydrogens is 282 g/mol. The molecule has 1 unspecified atom stereocenters. The predicted molar refractivity (Wildman–Crippen MR) is 92.3 cm³/mol. The molecule has 0 aliphatic carbocycles. The van der Waals surface area contributed by atoms with Gasteiger partial charge in [0.15, 0.2) is 0 Å². The van der Waals surface area contributed by atoms with Crippen LogP contribution in [0.2, 0.25) is 5.02 Å². The summed E-state index contributed by atoms with van der Waals surface area (Å²) in [5.41, 5.74) is 2.52. The van der Waals surface area contributed by atoms with Crippen LogP contribution in [0.15, 0.2) is 18.2 Å². The molecule has 118 valence electrons. The van der Waals surface area contributed by atoms with E-state index in [1.54, 1.807) is 0 Å². The van der Waals surface area contributed by atoms with Crippen LogP contribution < -0.4 is 10.2 Å². The van der Waals surface area contributed by atoms with Crippen molar-refractivity contribution in [3.8, 4) is 0 Å². The number of rotatable bonds is 5. The summed E-state index contributed by atoms with van der Waals surface area (Å²) in [5, 5.41) is 4.40. The van der Waals surface area contributed by atoms with Gasteiger partial charge in [0.1, 0.15) is 0 Å². The molecule has 1 aromatic carbocycles. The molecule has 1 saturated heterocycles. The van der Waals surface area contributed by atoms with Crippen LogP contribution in [0.5, 0.6) is 0 Å². The van der Waals surface area contributed by atoms with Crippen molar-refractivity contribution in [2.24, 2.45) is 5.92 Å². The molecule has 1 heterocycles. The first-order chi connectivity index (χ1) is 9.99. The van der Waals surface area contributed by atoms with E-state index in [1.807, 2.05) is 6.07 Å². The molecule has 0 bridgehead atoms. The van der Waals surface area contributed by atoms with Gasteiger partial charge in [-0.2, -0.15) is 0 Å². The zero-order valence-corrected chi connectivity index (χ0v) is 14.5. The molecule has 1 aromatic rings. The highest BCUT2D eigenvalue weighted by molar-refractivity contribution is 6.33. The number of hydrogen-bond acceptors (Lipinski definition) is 3. The smallest absolute Gasteiger partial charge is 0.0642 e. The van der Waals surface area contributed by atoms with Gasteiger partial charge in [0.25, 0.3) is 0 Å². The Morgan fingerprint density at radius 2 is 2.10 bits per heavy atom. The molecule has 1 aliphatic rings. The van der Waals surface area contributed by atoms with Crippen LogP contribution in [-0.2, 0) is 6.54 Å². The summed E-state index contributed by atoms with van der Waals surface area (Å²) in [5.74, 6) is 0.663. The van der Waals surface area contributed by atoms with Crippen molar-refractivity contribution in [3.63, 3.8) is 0 Å². The Hall–Kier alpha value is -0.770. The highest BCUT2D eigenvalue weighted by Gasteiger charge is 2.23. The Balaban J connectivity index is 2.13. The zero-order chi connectivity index (χ0) is 15.4. The van der Waals surface area contributed by atoms with Crippen LogP contribution in [0.1, 0.15) is 26.3 Å². The fourth-order valence-corrected chi connectivity index (χ4v) is 3.12. The van der Waals surface area contributed by atoms with Gasteiger partial charge in [-0.05, 0) is 38.1 Å². The van der Waals surface area contributed by atoms with E-state index < -0.39 is 0 Å². The standard InChI is InChI=1S/C17H28ClN3/c1-13(2)10-19-11-15-6-5-7-16(18)17(15)21-9-8-20(4)14(3)12-21/h5-7,13-14,19H,8-12H2,1-4H3. The van der Waals surface area contributed by atoms with Crippen molar-refractivity contribution in [1.29, 1.82) is 0 Å². The average Bonchev–Trinajstić information content (AvgIpc) is 2.42. The molecular formula is C17H28ClN3. The first-order valence-corrected chi connectivity index (χ1v) is 8.30. The predicted octanol–water partition coefficient (Wildman–Crippen LogP) is 3.23. The Labute approximate surface area is 134 Å². The third-order valence-corrected chi connectivity index (χ3v) is 4.52. The number of halogens is 1. The van der Waals surface area contributed by atoms with Crippen LogP contribution in [0.4, 0.5) is 5.69 Å². The van der Waals surface area contributed by atoms with E-state index in [4.69, 9.17) is 11.6 Å². The topological polar surface area (TPSA) is 18.5 Å². The summed E-state index contributed by atoms with van der Waals surface area (Å²) in [6.07, 6.45) is 0. The van der Waals surface area contributed by atoms with Gasteiger partial charge in [-0.3, -0.25) is 0 Å². The second kappa shape index (κ2) is 7.48. The van der Waals surface area contributed by atoms with Gasteiger partial charge >= 0.3 is 0 Å². The number of piperazine rings is 1. The molecule has 0 radical (unpaired) electrons. The first-order valence-electron chi connectivity index (χ1n) is 7.92. The number of hydrogen-bond donors (Lipinski definition) is 1. The van der Waals surface area contributed by atoms with Crippen molar-refractivity contribution in [2.75, 3.05) is 38.1 Å². The third-order valence-electron chi connectivity index (χ3n) is 4.21. The lowest BCUT2D eigenvalue weighted by Gasteiger charge is -2.40. The molecule has 0 amide bonds. The lowest BCUT2D eigenvalue weighted by molar-refractivity contribution is 0.234. The van der Waals surface area contributed by atoms with Gasteiger partial charge < -0.3 is 15.1 Å². The normalized spacial score (nSPS) is 20.3. The number of para-hydroxylation sites is 1. The number of benzene rings is 1. The Bertz CT molecular complexity index is 461. The Morgan fingerprint density at radius 1 is 1.33 bits per heavy atom. The second-order valence-electron chi connectivity index (χ2n) is 6.55. The van der Waals surface area contributed by atoms with Crippen molar-refractivity contribution in [3.05, 3.63) is 28.8 Å². The van der Waals surface area contributed by atoms with Crippen LogP contribution in [-0.4, -0.2) is 44.2 Å². The number of nitrogens with one attached hydrogen (secondary N) is 1. The highest BCUT2D eigenvalue weighted by Crippen LogP contribution is 2.31. The Morgan fingerprint density at radius 3 is 2.76 bits per heavy atom. The van der Waals surface area contributed by atoms with E-state index in [9.17, 15) is 0 Å². The second-order valence-corrected chi connectivity index (χ2v) is 6.96. The minimum Gasteiger partial charge on any atom is -0.367 e. The van der Waals surface area contributed by atoms with Gasteiger partial charge in [0.05, 0.1) is 10.7 Å². The molecule has 21 heavy (non-hydrogen) atoms. The van der Waals surface area contributed by atoms with Gasteiger partial charge in [-0.25, -0.2) is 0 Å². The largest absolute Gasteiger partial charge is 0.367 e. The minimum atomic E-state index is 0.562. The van der Waals surface area contributed by atoms with Crippen LogP contribution in [0, 0.1) is 5.92 Å². The van der Waals surface area contributed by atoms with E-state index in [0.29, 0.717) is 12.0 Å². The summed E-state index contributed by atoms with van der Waals surface area (Å²) in [7, 11) is 2.19. The van der Waals surface area contributed by atoms with E-state index >= 15 is 0 Å². The van der Waals surface area contributed by atoms with E-state index in [0.717, 1.165) is 37.7 Å². The molecule has 1 fully saturated rings. The number of nitrogens with zero attached hydrogens (tertiary/aromatic N) is 2. The molecule has 0 saturated carbocycles. The average molecular weight is 310 g/mol. The molecule has 2 rings (SSSR count). The van der Waals surface area contributed by atoms with Gasteiger partial charge in [0, 0.05) is 32.2 Å². The van der Waals surface area contributed by atoms with Crippen molar-refractivity contribution in [1.82, 2.24) is 10.2 Å². The lowest BCUT2D eigenvalue weighted by Crippen LogP contribution is -2.50. The lowest BCUT2D eigenvalue weighted by atomic mass is 10.1. The van der Waals surface area contributed by atoms with Gasteiger partial charge in [-0.1, -0.05) is 37.6 Å². The minimum absolute atomic E-state index is 0.562. The maximum absolute atomic E-state index is 6.51. The van der Waals surface area contributed by atoms with Crippen LogP contribution in [0.25, 0.3) is 0 Å². The summed E-state index contributed by atoms with van der Waals surface area (Å²) in [4.78, 5) is 4.85. The van der Waals surface area contributed by atoms with E-state index in [2.05, 4.69) is 55.1 Å². The molecule has 4 heteroatoms. The van der Waals surface area contributed by atoms with Crippen LogP contribution >= 0.6 is 11.6 Å². The van der Waals surface area contributed by atoms with Gasteiger partial charge in [0.2, 0.25) is 0 Å². The van der Waals surface area contributed by atoms with Crippen molar-refractivity contribution < 1.29 is 0 Å². The fourth-order valence-electron chi connectivity index (χ4n) is 2.80. The summed E-state index contributed by atoms with van der Waals surface area (Å²) >= 11 is 6.51. The highest BCUT2D eigenvalue weighted by atomic mass is 35.5. The van der Waals surface area contributed by atoms with Crippen molar-refractivity contribution in [2.45, 2.75) is 33.4 Å². The molecule has 0 aromatic heterocycles. The zero-order valence-electron chi connectivity index (χ0n) is 13.7. The monoisotopic (exact) mass is 309 g/mol. The Kier molecular flexibility index (Phi) is 5.91. The molecule has 1 N–H and O–H groups in total. The maximum Gasteiger partial charge on any atom is 0.0642 e. The van der Waals surface area contributed by atoms with Crippen LogP contribution in [0.3, 0.4) is 0 Å². The molecule has 3 nitrogen and oxygen atoms in total. The fraction of sp³-hybridized carbons (Fsp3) is 0.647. The SMILES string of the molecule is CC(C)CNCc1cccc(Cl)c1N1CCN(C)C(C)C1. The van der Waals surface area contributed by atoms with E-state index in [-0.39, 0.29) is 0 Å². The summed E-state index contributed by atoms with van der Waals surface area (Å²) < 4.78 is 0. The maximum atomic E-state index is 6.51. The molecule has 0 spiro atoms. The van der Waals surface area contributed by atoms with Gasteiger partial charge in [-0.15, -0.1) is 0 Å². The molecule has 1 atom stereocenters. The van der Waals surface area contributed by atoms with E-state index in [1.165, 1.54) is 11.3 Å². The summed E-state index contributed by atoms with van der Waals surface area (Å²) in [6.45, 7) is 11.8. The quantitative estimate of drug-likeness (QED) is 0.901. The number of anilines is 1. The van der Waals surface area contributed by atoms with Crippen molar-refractivity contribution >= 4 is 17.3 Å². The third kappa shape index (κ3) is 4.35. The molecule has 1 aliphatic heterocycles. The number of likely N-dealkylation sites (N-methyl/N-ethyl adjacent to an activating group) is 1.